The van der Waals surface area contributed by atoms with Gasteiger partial charge in [-0.05, 0) is 36.4 Å². The summed E-state index contributed by atoms with van der Waals surface area (Å²) in [6, 6.07) is 10.5. The van der Waals surface area contributed by atoms with E-state index < -0.39 is 12.0 Å². The van der Waals surface area contributed by atoms with Crippen LogP contribution in [0.15, 0.2) is 46.9 Å². The maximum atomic E-state index is 11.9. The van der Waals surface area contributed by atoms with E-state index in [-0.39, 0.29) is 5.56 Å². The Morgan fingerprint density at radius 2 is 1.86 bits per heavy atom. The molecular weight excluding hydrogens is 360 g/mol. The number of hydrogen-bond donors (Lipinski definition) is 3. The Kier molecular flexibility index (Phi) is 4.82. The molecule has 21 heavy (non-hydrogen) atoms. The number of carbonyl (C=O) groups excluding carboxylic acids is 1. The first kappa shape index (κ1) is 15.3. The number of anilines is 2. The maximum Gasteiger partial charge on any atom is 0.335 e. The van der Waals surface area contributed by atoms with Crippen LogP contribution in [0, 0.1) is 0 Å². The Labute approximate surface area is 134 Å². The van der Waals surface area contributed by atoms with Crippen LogP contribution in [0.5, 0.6) is 0 Å². The van der Waals surface area contributed by atoms with Crippen molar-refractivity contribution in [2.75, 3.05) is 10.6 Å². The SMILES string of the molecule is O=C(Nc1cccc(C(=O)O)c1)Nc1ccc(Br)cc1Cl. The molecule has 0 spiro atoms. The minimum Gasteiger partial charge on any atom is -0.478 e. The van der Waals surface area contributed by atoms with E-state index in [4.69, 9.17) is 16.7 Å². The molecule has 0 aliphatic carbocycles. The van der Waals surface area contributed by atoms with Gasteiger partial charge in [-0.2, -0.15) is 0 Å². The Hall–Kier alpha value is -2.05. The minimum atomic E-state index is -1.06. The summed E-state index contributed by atoms with van der Waals surface area (Å²) in [4.78, 5) is 22.7. The molecule has 0 saturated heterocycles. The Balaban J connectivity index is 2.08. The van der Waals surface area contributed by atoms with Crippen LogP contribution in [-0.2, 0) is 0 Å². The molecule has 2 rings (SSSR count). The second-order valence-corrected chi connectivity index (χ2v) is 5.41. The maximum absolute atomic E-state index is 11.9. The summed E-state index contributed by atoms with van der Waals surface area (Å²) >= 11 is 9.26. The van der Waals surface area contributed by atoms with Crippen LogP contribution in [0.4, 0.5) is 16.2 Å². The first-order chi connectivity index (χ1) is 9.95. The number of carboxylic acid groups (broad SMARTS) is 1. The van der Waals surface area contributed by atoms with Crippen molar-refractivity contribution in [3.63, 3.8) is 0 Å². The topological polar surface area (TPSA) is 78.4 Å². The summed E-state index contributed by atoms with van der Waals surface area (Å²) in [6.45, 7) is 0. The number of carbonyl (C=O) groups is 2. The lowest BCUT2D eigenvalue weighted by molar-refractivity contribution is 0.0697. The summed E-state index contributed by atoms with van der Waals surface area (Å²) in [5, 5.41) is 14.4. The third-order valence-corrected chi connectivity index (χ3v) is 3.35. The second-order valence-electron chi connectivity index (χ2n) is 4.09. The predicted octanol–water partition coefficient (Wildman–Crippen LogP) is 4.44. The van der Waals surface area contributed by atoms with E-state index in [2.05, 4.69) is 26.6 Å². The van der Waals surface area contributed by atoms with Gasteiger partial charge < -0.3 is 15.7 Å². The van der Waals surface area contributed by atoms with Gasteiger partial charge in [0.05, 0.1) is 16.3 Å². The fourth-order valence-electron chi connectivity index (χ4n) is 1.61. The van der Waals surface area contributed by atoms with Gasteiger partial charge in [-0.1, -0.05) is 33.6 Å². The van der Waals surface area contributed by atoms with Crippen molar-refractivity contribution in [1.82, 2.24) is 0 Å². The third kappa shape index (κ3) is 4.21. The summed E-state index contributed by atoms with van der Waals surface area (Å²) in [6.07, 6.45) is 0. The van der Waals surface area contributed by atoms with Crippen molar-refractivity contribution < 1.29 is 14.7 Å². The molecule has 108 valence electrons. The van der Waals surface area contributed by atoms with Gasteiger partial charge in [-0.25, -0.2) is 9.59 Å². The minimum absolute atomic E-state index is 0.0921. The molecular formula is C14H10BrClN2O3. The molecule has 7 heteroatoms. The van der Waals surface area contributed by atoms with Crippen LogP contribution >= 0.6 is 27.5 Å². The first-order valence-electron chi connectivity index (χ1n) is 5.82. The Morgan fingerprint density at radius 3 is 2.52 bits per heavy atom. The number of amides is 2. The number of benzene rings is 2. The van der Waals surface area contributed by atoms with Crippen LogP contribution in [0.2, 0.25) is 5.02 Å². The number of hydrogen-bond acceptors (Lipinski definition) is 2. The van der Waals surface area contributed by atoms with Crippen LogP contribution in [0.25, 0.3) is 0 Å². The van der Waals surface area contributed by atoms with Crippen LogP contribution in [-0.4, -0.2) is 17.1 Å². The standard InChI is InChI=1S/C14H10BrClN2O3/c15-9-4-5-12(11(16)7-9)18-14(21)17-10-3-1-2-8(6-10)13(19)20/h1-7H,(H,19,20)(H2,17,18,21). The molecule has 0 aliphatic heterocycles. The molecule has 0 atom stereocenters. The third-order valence-electron chi connectivity index (χ3n) is 2.55. The number of halogens is 2. The van der Waals surface area contributed by atoms with Crippen LogP contribution in [0.3, 0.4) is 0 Å². The van der Waals surface area contributed by atoms with Gasteiger partial charge in [0.15, 0.2) is 0 Å². The summed E-state index contributed by atoms with van der Waals surface area (Å²) in [7, 11) is 0. The van der Waals surface area contributed by atoms with Crippen molar-refractivity contribution >= 4 is 50.9 Å². The molecule has 2 aromatic rings. The highest BCUT2D eigenvalue weighted by atomic mass is 79.9. The van der Waals surface area contributed by atoms with Gasteiger partial charge in [0, 0.05) is 10.2 Å². The van der Waals surface area contributed by atoms with Crippen molar-refractivity contribution in [1.29, 1.82) is 0 Å². The highest BCUT2D eigenvalue weighted by Crippen LogP contribution is 2.25. The fourth-order valence-corrected chi connectivity index (χ4v) is 2.33. The van der Waals surface area contributed by atoms with Gasteiger partial charge in [0.2, 0.25) is 0 Å². The van der Waals surface area contributed by atoms with Gasteiger partial charge >= 0.3 is 12.0 Å². The first-order valence-corrected chi connectivity index (χ1v) is 6.99. The lowest BCUT2D eigenvalue weighted by Gasteiger charge is -2.09. The normalized spacial score (nSPS) is 10.0. The highest BCUT2D eigenvalue weighted by Gasteiger charge is 2.08. The molecule has 2 aromatic carbocycles. The van der Waals surface area contributed by atoms with E-state index in [9.17, 15) is 9.59 Å². The predicted molar refractivity (Wildman–Crippen MR) is 85.2 cm³/mol. The van der Waals surface area contributed by atoms with E-state index in [0.717, 1.165) is 4.47 Å². The molecule has 0 fully saturated rings. The molecule has 3 N–H and O–H groups in total. The molecule has 5 nitrogen and oxygen atoms in total. The molecule has 0 unspecified atom stereocenters. The molecule has 0 aromatic heterocycles. The largest absolute Gasteiger partial charge is 0.478 e. The van der Waals surface area contributed by atoms with Crippen molar-refractivity contribution in [2.24, 2.45) is 0 Å². The molecule has 0 radical (unpaired) electrons. The lowest BCUT2D eigenvalue weighted by atomic mass is 10.2. The van der Waals surface area contributed by atoms with E-state index >= 15 is 0 Å². The van der Waals surface area contributed by atoms with E-state index in [1.165, 1.54) is 12.1 Å². The van der Waals surface area contributed by atoms with Gasteiger partial charge in [-0.3, -0.25) is 0 Å². The Morgan fingerprint density at radius 1 is 1.10 bits per heavy atom. The van der Waals surface area contributed by atoms with E-state index in [1.807, 2.05) is 0 Å². The zero-order valence-corrected chi connectivity index (χ0v) is 12.9. The fraction of sp³-hybridized carbons (Fsp3) is 0. The van der Waals surface area contributed by atoms with Crippen molar-refractivity contribution in [3.8, 4) is 0 Å². The van der Waals surface area contributed by atoms with Crippen molar-refractivity contribution in [3.05, 3.63) is 57.5 Å². The Bertz CT molecular complexity index is 706. The molecule has 0 bridgehead atoms. The lowest BCUT2D eigenvalue weighted by Crippen LogP contribution is -2.19. The van der Waals surface area contributed by atoms with Gasteiger partial charge in [-0.15, -0.1) is 0 Å². The number of rotatable bonds is 3. The van der Waals surface area contributed by atoms with E-state index in [1.54, 1.807) is 30.3 Å². The number of nitrogens with one attached hydrogen (secondary N) is 2. The number of carboxylic acids is 1. The van der Waals surface area contributed by atoms with Crippen molar-refractivity contribution in [2.45, 2.75) is 0 Å². The average molecular weight is 370 g/mol. The summed E-state index contributed by atoms with van der Waals surface area (Å²) < 4.78 is 0.799. The van der Waals surface area contributed by atoms with Crippen LogP contribution in [0.1, 0.15) is 10.4 Å². The zero-order chi connectivity index (χ0) is 15.4. The average Bonchev–Trinajstić information content (AvgIpc) is 2.42. The van der Waals surface area contributed by atoms with Gasteiger partial charge in [0.1, 0.15) is 0 Å². The van der Waals surface area contributed by atoms with Crippen LogP contribution < -0.4 is 10.6 Å². The number of urea groups is 1. The van der Waals surface area contributed by atoms with Gasteiger partial charge in [0.25, 0.3) is 0 Å². The summed E-state index contributed by atoms with van der Waals surface area (Å²) in [5.74, 6) is -1.06. The monoisotopic (exact) mass is 368 g/mol. The molecule has 0 heterocycles. The zero-order valence-electron chi connectivity index (χ0n) is 10.6. The smallest absolute Gasteiger partial charge is 0.335 e. The van der Waals surface area contributed by atoms with E-state index in [0.29, 0.717) is 16.4 Å². The summed E-state index contributed by atoms with van der Waals surface area (Å²) in [5.41, 5.74) is 0.918. The molecule has 2 amide bonds. The number of aromatic carboxylic acids is 1. The molecule has 0 saturated carbocycles. The quantitative estimate of drug-likeness (QED) is 0.748. The second kappa shape index (κ2) is 6.60. The molecule has 0 aliphatic rings. The highest BCUT2D eigenvalue weighted by molar-refractivity contribution is 9.10.